The number of nitrogens with zero attached hydrogens (tertiary/aromatic N) is 3. The fraction of sp³-hybridized carbons (Fsp3) is 0.419. The van der Waals surface area contributed by atoms with Crippen LogP contribution in [0, 0.1) is 5.41 Å². The number of aromatic nitrogens is 2. The second kappa shape index (κ2) is 8.74. The van der Waals surface area contributed by atoms with Crippen molar-refractivity contribution in [1.82, 2.24) is 14.9 Å². The molecule has 3 aliphatic carbocycles. The van der Waals surface area contributed by atoms with Gasteiger partial charge in [-0.3, -0.25) is 9.69 Å². The van der Waals surface area contributed by atoms with Gasteiger partial charge in [-0.05, 0) is 79.2 Å². The van der Waals surface area contributed by atoms with Crippen molar-refractivity contribution in [3.05, 3.63) is 88.1 Å². The highest BCUT2D eigenvalue weighted by molar-refractivity contribution is 5.66. The third-order valence-corrected chi connectivity index (χ3v) is 9.03. The van der Waals surface area contributed by atoms with Crippen molar-refractivity contribution in [2.24, 2.45) is 5.41 Å². The molecule has 1 N–H and O–H groups in total. The first-order chi connectivity index (χ1) is 17.7. The molecular weight excluding hydrogens is 444 g/mol. The van der Waals surface area contributed by atoms with Gasteiger partial charge in [-0.2, -0.15) is 0 Å². The smallest absolute Gasteiger partial charge is 0.254 e. The van der Waals surface area contributed by atoms with Gasteiger partial charge in [-0.1, -0.05) is 48.5 Å². The van der Waals surface area contributed by atoms with Crippen LogP contribution in [-0.4, -0.2) is 47.1 Å². The summed E-state index contributed by atoms with van der Waals surface area (Å²) in [5.74, 6) is 0.824. The van der Waals surface area contributed by atoms with Gasteiger partial charge in [0.25, 0.3) is 5.56 Å². The molecule has 1 aromatic heterocycles. The molecular formula is C31H34N4O. The van der Waals surface area contributed by atoms with Gasteiger partial charge in [-0.15, -0.1) is 0 Å². The van der Waals surface area contributed by atoms with Gasteiger partial charge in [0, 0.05) is 43.5 Å². The third kappa shape index (κ3) is 4.09. The van der Waals surface area contributed by atoms with Gasteiger partial charge >= 0.3 is 0 Å². The average Bonchev–Trinajstić information content (AvgIpc) is 3.49. The number of hydrogen-bond donors (Lipinski definition) is 1. The Bertz CT molecular complexity index is 1350. The number of hydrogen-bond acceptors (Lipinski definition) is 4. The summed E-state index contributed by atoms with van der Waals surface area (Å²) >= 11 is 0. The fourth-order valence-electron chi connectivity index (χ4n) is 6.53. The van der Waals surface area contributed by atoms with Crippen molar-refractivity contribution < 1.29 is 0 Å². The number of benzene rings is 2. The summed E-state index contributed by atoms with van der Waals surface area (Å²) in [6.07, 6.45) is 10.2. The van der Waals surface area contributed by atoms with Crippen LogP contribution in [-0.2, 0) is 12.8 Å². The van der Waals surface area contributed by atoms with Crippen LogP contribution in [0.25, 0.3) is 16.7 Å². The van der Waals surface area contributed by atoms with Gasteiger partial charge < -0.3 is 9.88 Å². The van der Waals surface area contributed by atoms with Crippen LogP contribution in [0.15, 0.2) is 65.5 Å². The van der Waals surface area contributed by atoms with Crippen LogP contribution >= 0.6 is 0 Å². The Morgan fingerprint density at radius 2 is 1.61 bits per heavy atom. The molecule has 184 valence electrons. The molecule has 1 saturated carbocycles. The summed E-state index contributed by atoms with van der Waals surface area (Å²) in [6, 6.07) is 20.0. The summed E-state index contributed by atoms with van der Waals surface area (Å²) in [5.41, 5.74) is 7.63. The molecule has 0 bridgehead atoms. The third-order valence-electron chi connectivity index (χ3n) is 9.03. The molecule has 1 aliphatic heterocycles. The molecule has 7 rings (SSSR count). The zero-order chi connectivity index (χ0) is 24.1. The first-order valence-electron chi connectivity index (χ1n) is 13.6. The summed E-state index contributed by atoms with van der Waals surface area (Å²) < 4.78 is 0. The number of nitrogens with one attached hydrogen (secondary N) is 1. The van der Waals surface area contributed by atoms with E-state index in [-0.39, 0.29) is 5.56 Å². The molecule has 0 amide bonds. The van der Waals surface area contributed by atoms with Crippen LogP contribution in [0.1, 0.15) is 49.2 Å². The monoisotopic (exact) mass is 478 g/mol. The predicted octanol–water partition coefficient (Wildman–Crippen LogP) is 5.07. The van der Waals surface area contributed by atoms with E-state index < -0.39 is 0 Å². The van der Waals surface area contributed by atoms with E-state index >= 15 is 0 Å². The summed E-state index contributed by atoms with van der Waals surface area (Å²) in [5, 5.41) is 0. The highest BCUT2D eigenvalue weighted by atomic mass is 16.1. The molecule has 2 fully saturated rings. The van der Waals surface area contributed by atoms with Gasteiger partial charge in [0.1, 0.15) is 5.82 Å². The Morgan fingerprint density at radius 3 is 2.36 bits per heavy atom. The van der Waals surface area contributed by atoms with Crippen LogP contribution in [0.2, 0.25) is 0 Å². The van der Waals surface area contributed by atoms with Crippen LogP contribution in [0.3, 0.4) is 0 Å². The van der Waals surface area contributed by atoms with E-state index in [2.05, 4.69) is 75.5 Å². The van der Waals surface area contributed by atoms with E-state index in [0.717, 1.165) is 68.9 Å². The lowest BCUT2D eigenvalue weighted by atomic mass is 9.84. The second-order valence-corrected chi connectivity index (χ2v) is 11.3. The van der Waals surface area contributed by atoms with Crippen LogP contribution in [0.5, 0.6) is 0 Å². The topological polar surface area (TPSA) is 52.2 Å². The van der Waals surface area contributed by atoms with Crippen LogP contribution in [0.4, 0.5) is 5.69 Å². The maximum absolute atomic E-state index is 12.9. The van der Waals surface area contributed by atoms with Crippen molar-refractivity contribution in [2.75, 3.05) is 31.1 Å². The maximum Gasteiger partial charge on any atom is 0.254 e. The number of piperazine rings is 1. The van der Waals surface area contributed by atoms with Crippen molar-refractivity contribution >= 4 is 11.3 Å². The molecule has 2 aromatic carbocycles. The Kier molecular flexibility index (Phi) is 5.35. The molecule has 0 radical (unpaired) electrons. The summed E-state index contributed by atoms with van der Waals surface area (Å²) in [6.45, 7) is 4.20. The minimum absolute atomic E-state index is 0.109. The standard InChI is InChI=1S/C31H34N4O/c36-30-27-21-31(14-15-31)13-12-28(27)32-29(33-30)24-8-11-26(20-24)35-18-16-34(17-19-35)25-9-6-23(7-10-25)22-4-2-1-3-5-22/h1-7,9-10,20,26H,8,11-19,21H2,(H,32,33,36)/t26-/m1/s1. The van der Waals surface area contributed by atoms with Crippen LogP contribution < -0.4 is 10.5 Å². The summed E-state index contributed by atoms with van der Waals surface area (Å²) in [4.78, 5) is 26.1. The minimum Gasteiger partial charge on any atom is -0.369 e. The normalized spacial score (nSPS) is 22.9. The molecule has 2 heterocycles. The van der Waals surface area contributed by atoms with Gasteiger partial charge in [-0.25, -0.2) is 4.98 Å². The van der Waals surface area contributed by atoms with E-state index in [1.165, 1.54) is 41.6 Å². The maximum atomic E-state index is 12.9. The Labute approximate surface area is 212 Å². The van der Waals surface area contributed by atoms with E-state index in [1.807, 2.05) is 0 Å². The summed E-state index contributed by atoms with van der Waals surface area (Å²) in [7, 11) is 0. The number of H-pyrrole nitrogens is 1. The van der Waals surface area contributed by atoms with Gasteiger partial charge in [0.05, 0.1) is 5.69 Å². The lowest BCUT2D eigenvalue weighted by molar-refractivity contribution is 0.214. The number of anilines is 1. The van der Waals surface area contributed by atoms with E-state index in [4.69, 9.17) is 4.98 Å². The number of aromatic amines is 1. The number of rotatable bonds is 4. The van der Waals surface area contributed by atoms with Crippen molar-refractivity contribution in [3.63, 3.8) is 0 Å². The molecule has 0 unspecified atom stereocenters. The van der Waals surface area contributed by atoms with Gasteiger partial charge in [0.2, 0.25) is 0 Å². The first-order valence-corrected chi connectivity index (χ1v) is 13.6. The number of aryl methyl sites for hydroxylation is 1. The van der Waals surface area contributed by atoms with E-state index in [0.29, 0.717) is 11.5 Å². The highest BCUT2D eigenvalue weighted by Gasteiger charge is 2.45. The number of allylic oxidation sites excluding steroid dienone is 1. The molecule has 5 nitrogen and oxygen atoms in total. The molecule has 36 heavy (non-hydrogen) atoms. The quantitative estimate of drug-likeness (QED) is 0.569. The first kappa shape index (κ1) is 22.1. The number of fused-ring (bicyclic) bond motifs is 1. The van der Waals surface area contributed by atoms with Crippen molar-refractivity contribution in [3.8, 4) is 11.1 Å². The Morgan fingerprint density at radius 1 is 0.861 bits per heavy atom. The van der Waals surface area contributed by atoms with Crippen molar-refractivity contribution in [1.29, 1.82) is 0 Å². The molecule has 3 aromatic rings. The zero-order valence-corrected chi connectivity index (χ0v) is 20.9. The largest absolute Gasteiger partial charge is 0.369 e. The average molecular weight is 479 g/mol. The van der Waals surface area contributed by atoms with E-state index in [1.54, 1.807) is 0 Å². The lowest BCUT2D eigenvalue weighted by Gasteiger charge is -2.38. The Hall–Kier alpha value is -3.18. The predicted molar refractivity (Wildman–Crippen MR) is 145 cm³/mol. The van der Waals surface area contributed by atoms with E-state index in [9.17, 15) is 4.79 Å². The molecule has 1 atom stereocenters. The highest BCUT2D eigenvalue weighted by Crippen LogP contribution is 2.53. The molecule has 1 spiro atoms. The zero-order valence-electron chi connectivity index (χ0n) is 20.9. The second-order valence-electron chi connectivity index (χ2n) is 11.3. The van der Waals surface area contributed by atoms with Crippen molar-refractivity contribution in [2.45, 2.75) is 51.0 Å². The molecule has 5 heteroatoms. The SMILES string of the molecule is O=c1[nH]c(C2=C[C@H](N3CCN(c4ccc(-c5ccccc5)cc4)CC3)CC2)nc2c1CC1(CC2)CC1. The Balaban J connectivity index is 1.00. The minimum atomic E-state index is 0.109. The molecule has 1 saturated heterocycles. The molecule has 4 aliphatic rings. The fourth-order valence-corrected chi connectivity index (χ4v) is 6.53. The lowest BCUT2D eigenvalue weighted by Crippen LogP contribution is -2.49. The van der Waals surface area contributed by atoms with Gasteiger partial charge in [0.15, 0.2) is 0 Å².